The van der Waals surface area contributed by atoms with Crippen LogP contribution < -0.4 is 19.1 Å². The van der Waals surface area contributed by atoms with Gasteiger partial charge in [-0.25, -0.2) is 4.98 Å². The van der Waals surface area contributed by atoms with Gasteiger partial charge >= 0.3 is 0 Å². The smallest absolute Gasteiger partial charge is 0.231 e. The molecule has 5 rings (SSSR count). The summed E-state index contributed by atoms with van der Waals surface area (Å²) in [6, 6.07) is 13.1. The number of hydrogen-bond acceptors (Lipinski definition) is 7. The van der Waals surface area contributed by atoms with E-state index in [1.165, 1.54) is 11.3 Å². The highest BCUT2D eigenvalue weighted by Crippen LogP contribution is 2.39. The number of nitrogens with one attached hydrogen (secondary N) is 1. The lowest BCUT2D eigenvalue weighted by atomic mass is 10.1. The Kier molecular flexibility index (Phi) is 4.13. The highest BCUT2D eigenvalue weighted by atomic mass is 32.1. The first-order valence-electron chi connectivity index (χ1n) is 8.92. The van der Waals surface area contributed by atoms with Crippen molar-refractivity contribution < 1.29 is 19.3 Å². The van der Waals surface area contributed by atoms with Crippen LogP contribution in [0.15, 0.2) is 53.6 Å². The summed E-state index contributed by atoms with van der Waals surface area (Å²) in [5.74, 6) is 2.43. The monoisotopic (exact) mass is 407 g/mol. The SMILES string of the molecule is COc1ccc(-c2csc(C3=C(O)CN(c4ccc5c(c4)OCO5)C3=N)n2)cc1. The normalized spacial score (nSPS) is 15.3. The molecule has 3 aromatic rings. The van der Waals surface area contributed by atoms with Crippen molar-refractivity contribution in [3.63, 3.8) is 0 Å². The molecule has 0 saturated carbocycles. The van der Waals surface area contributed by atoms with E-state index in [4.69, 9.17) is 19.6 Å². The number of fused-ring (bicyclic) bond motifs is 1. The Morgan fingerprint density at radius 3 is 2.72 bits per heavy atom. The molecule has 2 aliphatic heterocycles. The maximum atomic E-state index is 10.6. The lowest BCUT2D eigenvalue weighted by Gasteiger charge is -2.18. The van der Waals surface area contributed by atoms with E-state index in [9.17, 15) is 5.11 Å². The first kappa shape index (κ1) is 17.6. The van der Waals surface area contributed by atoms with E-state index in [0.717, 1.165) is 22.7 Å². The quantitative estimate of drug-likeness (QED) is 0.670. The second kappa shape index (κ2) is 6.82. The van der Waals surface area contributed by atoms with E-state index in [-0.39, 0.29) is 24.9 Å². The van der Waals surface area contributed by atoms with Crippen LogP contribution in [0.1, 0.15) is 5.01 Å². The number of aliphatic hydroxyl groups is 1. The molecule has 0 saturated heterocycles. The Labute approximate surface area is 170 Å². The van der Waals surface area contributed by atoms with Gasteiger partial charge in [0.05, 0.1) is 24.9 Å². The molecule has 2 aliphatic rings. The molecular formula is C21H17N3O4S. The molecule has 146 valence electrons. The molecule has 0 fully saturated rings. The van der Waals surface area contributed by atoms with E-state index in [0.29, 0.717) is 22.1 Å². The third kappa shape index (κ3) is 2.98. The van der Waals surface area contributed by atoms with E-state index in [1.54, 1.807) is 12.0 Å². The summed E-state index contributed by atoms with van der Waals surface area (Å²) in [5, 5.41) is 21.7. The van der Waals surface area contributed by atoms with Gasteiger partial charge in [0, 0.05) is 22.7 Å². The molecule has 2 N–H and O–H groups in total. The fourth-order valence-electron chi connectivity index (χ4n) is 3.36. The number of aliphatic hydroxyl groups excluding tert-OH is 1. The Morgan fingerprint density at radius 2 is 1.93 bits per heavy atom. The van der Waals surface area contributed by atoms with Gasteiger partial charge in [0.15, 0.2) is 11.5 Å². The number of rotatable bonds is 4. The van der Waals surface area contributed by atoms with E-state index < -0.39 is 0 Å². The van der Waals surface area contributed by atoms with Crippen LogP contribution in [0.5, 0.6) is 17.2 Å². The minimum Gasteiger partial charge on any atom is -0.510 e. The molecule has 7 nitrogen and oxygen atoms in total. The van der Waals surface area contributed by atoms with Crippen LogP contribution in [0.25, 0.3) is 16.8 Å². The number of thiazole rings is 1. The van der Waals surface area contributed by atoms with Crippen molar-refractivity contribution in [2.24, 2.45) is 0 Å². The molecule has 0 atom stereocenters. The van der Waals surface area contributed by atoms with Crippen molar-refractivity contribution in [2.75, 3.05) is 25.3 Å². The minimum absolute atomic E-state index is 0.128. The van der Waals surface area contributed by atoms with Crippen molar-refractivity contribution in [1.82, 2.24) is 4.98 Å². The van der Waals surface area contributed by atoms with Gasteiger partial charge in [0.2, 0.25) is 6.79 Å². The van der Waals surface area contributed by atoms with Gasteiger partial charge < -0.3 is 24.2 Å². The zero-order valence-corrected chi connectivity index (χ0v) is 16.3. The number of hydrogen-bond donors (Lipinski definition) is 2. The minimum atomic E-state index is 0.128. The van der Waals surface area contributed by atoms with Crippen LogP contribution in [-0.2, 0) is 0 Å². The molecule has 8 heteroatoms. The van der Waals surface area contributed by atoms with Gasteiger partial charge in [-0.1, -0.05) is 0 Å². The van der Waals surface area contributed by atoms with Gasteiger partial charge in [0.1, 0.15) is 22.4 Å². The maximum Gasteiger partial charge on any atom is 0.231 e. The molecular weight excluding hydrogens is 390 g/mol. The highest BCUT2D eigenvalue weighted by molar-refractivity contribution is 7.11. The molecule has 0 aliphatic carbocycles. The molecule has 0 spiro atoms. The zero-order valence-electron chi connectivity index (χ0n) is 15.5. The zero-order chi connectivity index (χ0) is 20.0. The summed E-state index contributed by atoms with van der Waals surface area (Å²) in [5.41, 5.74) is 2.95. The lowest BCUT2D eigenvalue weighted by Crippen LogP contribution is -2.25. The summed E-state index contributed by atoms with van der Waals surface area (Å²) in [7, 11) is 1.63. The summed E-state index contributed by atoms with van der Waals surface area (Å²) in [6.07, 6.45) is 0. The van der Waals surface area contributed by atoms with Crippen LogP contribution in [0.4, 0.5) is 5.69 Å². The van der Waals surface area contributed by atoms with Crippen LogP contribution in [0, 0.1) is 5.41 Å². The van der Waals surface area contributed by atoms with Crippen molar-refractivity contribution in [3.05, 3.63) is 58.6 Å². The largest absolute Gasteiger partial charge is 0.510 e. The summed E-state index contributed by atoms with van der Waals surface area (Å²) >= 11 is 1.40. The topological polar surface area (TPSA) is 87.9 Å². The Balaban J connectivity index is 1.42. The summed E-state index contributed by atoms with van der Waals surface area (Å²) < 4.78 is 16.0. The second-order valence-corrected chi connectivity index (χ2v) is 7.42. The number of nitrogens with zero attached hydrogens (tertiary/aromatic N) is 2. The number of ether oxygens (including phenoxy) is 3. The van der Waals surface area contributed by atoms with Crippen LogP contribution >= 0.6 is 11.3 Å². The Bertz CT molecular complexity index is 1140. The molecule has 0 bridgehead atoms. The van der Waals surface area contributed by atoms with Gasteiger partial charge in [0.25, 0.3) is 0 Å². The number of amidine groups is 1. The standard InChI is InChI=1S/C21H17N3O4S/c1-26-14-5-2-12(3-6-14)15-10-29-21(23-15)19-16(25)9-24(20(19)22)13-4-7-17-18(8-13)28-11-27-17/h2-8,10,22,25H,9,11H2,1H3. The number of benzene rings is 2. The third-order valence-electron chi connectivity index (χ3n) is 4.87. The van der Waals surface area contributed by atoms with Crippen molar-refractivity contribution >= 4 is 28.4 Å². The first-order valence-corrected chi connectivity index (χ1v) is 9.80. The van der Waals surface area contributed by atoms with Gasteiger partial charge in [-0.3, -0.25) is 5.41 Å². The Hall–Kier alpha value is -3.52. The van der Waals surface area contributed by atoms with Crippen molar-refractivity contribution in [1.29, 1.82) is 5.41 Å². The lowest BCUT2D eigenvalue weighted by molar-refractivity contribution is 0.174. The average Bonchev–Trinajstić information content (AvgIpc) is 3.46. The summed E-state index contributed by atoms with van der Waals surface area (Å²) in [6.45, 7) is 0.406. The van der Waals surface area contributed by atoms with Crippen molar-refractivity contribution in [2.45, 2.75) is 0 Å². The number of aromatic nitrogens is 1. The highest BCUT2D eigenvalue weighted by Gasteiger charge is 2.32. The molecule has 0 unspecified atom stereocenters. The van der Waals surface area contributed by atoms with E-state index in [2.05, 4.69) is 4.98 Å². The molecule has 2 aromatic carbocycles. The first-order chi connectivity index (χ1) is 14.1. The average molecular weight is 407 g/mol. The van der Waals surface area contributed by atoms with Crippen LogP contribution in [-0.4, -0.2) is 36.4 Å². The van der Waals surface area contributed by atoms with Crippen LogP contribution in [0.2, 0.25) is 0 Å². The predicted octanol–water partition coefficient (Wildman–Crippen LogP) is 4.31. The van der Waals surface area contributed by atoms with Gasteiger partial charge in [-0.15, -0.1) is 11.3 Å². The second-order valence-electron chi connectivity index (χ2n) is 6.56. The van der Waals surface area contributed by atoms with Crippen molar-refractivity contribution in [3.8, 4) is 28.5 Å². The third-order valence-corrected chi connectivity index (χ3v) is 5.73. The summed E-state index contributed by atoms with van der Waals surface area (Å²) in [4.78, 5) is 6.38. The molecule has 0 amide bonds. The maximum absolute atomic E-state index is 10.6. The fraction of sp³-hybridized carbons (Fsp3) is 0.143. The van der Waals surface area contributed by atoms with E-state index >= 15 is 0 Å². The Morgan fingerprint density at radius 1 is 1.14 bits per heavy atom. The molecule has 1 aromatic heterocycles. The number of methoxy groups -OCH3 is 1. The number of anilines is 1. The fourth-order valence-corrected chi connectivity index (χ4v) is 4.26. The molecule has 29 heavy (non-hydrogen) atoms. The van der Waals surface area contributed by atoms with Crippen LogP contribution in [0.3, 0.4) is 0 Å². The van der Waals surface area contributed by atoms with Gasteiger partial charge in [-0.2, -0.15) is 0 Å². The van der Waals surface area contributed by atoms with E-state index in [1.807, 2.05) is 47.8 Å². The molecule has 0 radical (unpaired) electrons. The predicted molar refractivity (Wildman–Crippen MR) is 111 cm³/mol. The molecule has 3 heterocycles. The van der Waals surface area contributed by atoms with Gasteiger partial charge in [-0.05, 0) is 36.4 Å².